The van der Waals surface area contributed by atoms with Crippen molar-refractivity contribution in [3.05, 3.63) is 167 Å². The Morgan fingerprint density at radius 2 is 1.05 bits per heavy atom. The summed E-state index contributed by atoms with van der Waals surface area (Å²) in [6, 6.07) is 50.3. The number of rotatable bonds is 5. The van der Waals surface area contributed by atoms with Crippen LogP contribution in [0.3, 0.4) is 0 Å². The topological polar surface area (TPSA) is 22.9 Å². The van der Waals surface area contributed by atoms with Crippen LogP contribution in [0.1, 0.15) is 115 Å². The van der Waals surface area contributed by atoms with E-state index in [9.17, 15) is 0 Å². The van der Waals surface area contributed by atoms with Crippen LogP contribution < -0.4 is 31.3 Å². The number of hydrogen-bond donors (Lipinski definition) is 0. The van der Waals surface area contributed by atoms with Crippen LogP contribution in [-0.2, 0) is 21.7 Å². The molecule has 0 radical (unpaired) electrons. The second-order valence-corrected chi connectivity index (χ2v) is 21.7. The molecule has 0 unspecified atom stereocenters. The van der Waals surface area contributed by atoms with Gasteiger partial charge in [-0.3, -0.25) is 0 Å². The highest BCUT2D eigenvalue weighted by Gasteiger charge is 2.53. The summed E-state index contributed by atoms with van der Waals surface area (Å²) >= 11 is 0. The number of hydrogen-bond acceptors (Lipinski definition) is 4. The molecule has 316 valence electrons. The van der Waals surface area contributed by atoms with Crippen LogP contribution in [0.15, 0.2) is 138 Å². The van der Waals surface area contributed by atoms with Crippen molar-refractivity contribution in [2.75, 3.05) is 14.7 Å². The average Bonchev–Trinajstić information content (AvgIpc) is 3.68. The van der Waals surface area contributed by atoms with Crippen LogP contribution in [0, 0.1) is 13.8 Å². The Labute approximate surface area is 375 Å². The number of benzene rings is 6. The lowest BCUT2D eigenvalue weighted by Crippen LogP contribution is -2.61. The molecule has 11 rings (SSSR count). The molecule has 7 aromatic rings. The van der Waals surface area contributed by atoms with Crippen molar-refractivity contribution in [3.8, 4) is 0 Å². The number of furan rings is 1. The largest absolute Gasteiger partial charge is 0.472 e. The summed E-state index contributed by atoms with van der Waals surface area (Å²) in [5.74, 6) is 1.15. The van der Waals surface area contributed by atoms with E-state index in [0.29, 0.717) is 0 Å². The predicted molar refractivity (Wildman–Crippen MR) is 267 cm³/mol. The van der Waals surface area contributed by atoms with Gasteiger partial charge in [-0.25, -0.2) is 0 Å². The van der Waals surface area contributed by atoms with Crippen LogP contribution in [-0.4, -0.2) is 6.71 Å². The zero-order valence-electron chi connectivity index (χ0n) is 38.9. The van der Waals surface area contributed by atoms with Crippen molar-refractivity contribution in [1.82, 2.24) is 0 Å². The minimum atomic E-state index is -0.120. The lowest BCUT2D eigenvalue weighted by Gasteiger charge is -2.46. The molecule has 4 nitrogen and oxygen atoms in total. The highest BCUT2D eigenvalue weighted by atomic mass is 16.3. The van der Waals surface area contributed by atoms with Gasteiger partial charge in [-0.2, -0.15) is 0 Å². The summed E-state index contributed by atoms with van der Waals surface area (Å²) < 4.78 is 7.67. The molecule has 0 bridgehead atoms. The minimum absolute atomic E-state index is 0.0382. The first-order valence-corrected chi connectivity index (χ1v) is 23.2. The van der Waals surface area contributed by atoms with Gasteiger partial charge < -0.3 is 19.1 Å². The van der Waals surface area contributed by atoms with Crippen LogP contribution in [0.2, 0.25) is 0 Å². The second kappa shape index (κ2) is 13.8. The van der Waals surface area contributed by atoms with Crippen LogP contribution in [0.4, 0.5) is 51.2 Å². The number of nitrogens with zero attached hydrogens (tertiary/aromatic N) is 3. The highest BCUT2D eigenvalue weighted by Crippen LogP contribution is 2.56. The van der Waals surface area contributed by atoms with E-state index in [2.05, 4.69) is 217 Å². The van der Waals surface area contributed by atoms with Gasteiger partial charge in [0.15, 0.2) is 0 Å². The zero-order chi connectivity index (χ0) is 43.8. The molecule has 0 saturated heterocycles. The van der Waals surface area contributed by atoms with Gasteiger partial charge in [0.2, 0.25) is 0 Å². The Bertz CT molecular complexity index is 2900. The van der Waals surface area contributed by atoms with E-state index in [1.165, 1.54) is 73.6 Å². The fraction of sp³-hybridized carbons (Fsp3) is 0.310. The SMILES string of the molecule is Cc1ccc(N2c3ccc(C)cc3B3c4oc5c(c4N(c4ccc6c(c4)C(C)(C)CCC6(C)C)c4cc(N(c6ccccc6)c6ccccc6)cc2c43)C(C)(C)CCC5(C)C)cc1. The molecule has 0 fully saturated rings. The van der Waals surface area contributed by atoms with E-state index >= 15 is 0 Å². The first-order chi connectivity index (χ1) is 30.0. The average molecular weight is 826 g/mol. The van der Waals surface area contributed by atoms with Crippen molar-refractivity contribution in [2.24, 2.45) is 0 Å². The Kier molecular flexibility index (Phi) is 8.72. The summed E-state index contributed by atoms with van der Waals surface area (Å²) in [4.78, 5) is 7.62. The first kappa shape index (κ1) is 39.9. The van der Waals surface area contributed by atoms with Crippen molar-refractivity contribution in [3.63, 3.8) is 0 Å². The van der Waals surface area contributed by atoms with Gasteiger partial charge in [-0.15, -0.1) is 0 Å². The molecule has 2 aliphatic heterocycles. The van der Waals surface area contributed by atoms with E-state index in [-0.39, 0.29) is 28.4 Å². The second-order valence-electron chi connectivity index (χ2n) is 21.7. The van der Waals surface area contributed by atoms with Crippen LogP contribution in [0.5, 0.6) is 0 Å². The van der Waals surface area contributed by atoms with Gasteiger partial charge in [-0.1, -0.05) is 133 Å². The Hall–Kier alpha value is -5.94. The van der Waals surface area contributed by atoms with E-state index in [1.807, 2.05) is 0 Å². The van der Waals surface area contributed by atoms with E-state index in [1.54, 1.807) is 0 Å². The molecule has 0 atom stereocenters. The van der Waals surface area contributed by atoms with Crippen molar-refractivity contribution in [1.29, 1.82) is 0 Å². The summed E-state index contributed by atoms with van der Waals surface area (Å²) in [6.07, 6.45) is 4.50. The maximum absolute atomic E-state index is 7.67. The normalized spacial score (nSPS) is 18.2. The smallest absolute Gasteiger partial charge is 0.297 e. The zero-order valence-corrected chi connectivity index (χ0v) is 38.9. The highest BCUT2D eigenvalue weighted by molar-refractivity contribution is 6.99. The molecule has 4 aliphatic rings. The third-order valence-electron chi connectivity index (χ3n) is 15.4. The lowest BCUT2D eigenvalue weighted by molar-refractivity contribution is 0.282. The summed E-state index contributed by atoms with van der Waals surface area (Å²) in [5.41, 5.74) is 20.8. The van der Waals surface area contributed by atoms with Gasteiger partial charge in [-0.05, 0) is 145 Å². The van der Waals surface area contributed by atoms with E-state index < -0.39 is 0 Å². The lowest BCUT2D eigenvalue weighted by atomic mass is 9.35. The van der Waals surface area contributed by atoms with E-state index in [0.717, 1.165) is 53.4 Å². The molecule has 1 aromatic heterocycles. The molecule has 6 aromatic carbocycles. The summed E-state index contributed by atoms with van der Waals surface area (Å²) in [6.45, 7) is 23.8. The Balaban J connectivity index is 1.31. The van der Waals surface area contributed by atoms with Gasteiger partial charge >= 0.3 is 0 Å². The molecule has 0 N–H and O–H groups in total. The van der Waals surface area contributed by atoms with Crippen molar-refractivity contribution >= 4 is 74.5 Å². The molecule has 5 heteroatoms. The Morgan fingerprint density at radius 1 is 0.492 bits per heavy atom. The van der Waals surface area contributed by atoms with Gasteiger partial charge in [0.05, 0.1) is 17.0 Å². The predicted octanol–water partition coefficient (Wildman–Crippen LogP) is 14.1. The molecule has 2 aliphatic carbocycles. The summed E-state index contributed by atoms with van der Waals surface area (Å²) in [5, 5.41) is 0. The molecule has 3 heterocycles. The molecule has 0 saturated carbocycles. The van der Waals surface area contributed by atoms with Crippen LogP contribution >= 0.6 is 0 Å². The van der Waals surface area contributed by atoms with Crippen LogP contribution in [0.25, 0.3) is 0 Å². The third kappa shape index (κ3) is 6.09. The monoisotopic (exact) mass is 825 g/mol. The summed E-state index contributed by atoms with van der Waals surface area (Å²) in [7, 11) is 0. The maximum Gasteiger partial charge on any atom is 0.297 e. The third-order valence-corrected chi connectivity index (χ3v) is 15.4. The molecule has 63 heavy (non-hydrogen) atoms. The number of anilines is 9. The fourth-order valence-corrected chi connectivity index (χ4v) is 11.6. The standard InChI is InChI=1S/C58H60BN3O/c1-37-21-24-41(25-22-37)61-47-28-23-38(2)33-46(47)59-51-48(61)35-43(60(39-17-13-11-14-18-39)40-19-15-12-16-20-40)36-49(51)62(42-26-27-44-45(34-42)56(5,6)30-29-55(44,3)4)52-50-53(63-54(52)59)58(9,10)32-31-57(50,7)8/h11-28,33-36H,29-32H2,1-10H3. The number of para-hydroxylation sites is 2. The molecule has 0 amide bonds. The maximum atomic E-state index is 7.67. The minimum Gasteiger partial charge on any atom is -0.472 e. The quantitative estimate of drug-likeness (QED) is 0.161. The number of aryl methyl sites for hydroxylation is 2. The molecular formula is C58H60BN3O. The van der Waals surface area contributed by atoms with Crippen molar-refractivity contribution < 1.29 is 4.42 Å². The molecular weight excluding hydrogens is 765 g/mol. The van der Waals surface area contributed by atoms with E-state index in [4.69, 9.17) is 4.42 Å². The van der Waals surface area contributed by atoms with Gasteiger partial charge in [0.1, 0.15) is 5.76 Å². The fourth-order valence-electron chi connectivity index (χ4n) is 11.6. The Morgan fingerprint density at radius 3 is 1.70 bits per heavy atom. The van der Waals surface area contributed by atoms with Crippen molar-refractivity contribution in [2.45, 2.75) is 117 Å². The first-order valence-electron chi connectivity index (χ1n) is 23.2. The van der Waals surface area contributed by atoms with Gasteiger partial charge in [0, 0.05) is 50.8 Å². The van der Waals surface area contributed by atoms with Gasteiger partial charge in [0.25, 0.3) is 6.71 Å². The number of fused-ring (bicyclic) bond motifs is 7. The molecule has 0 spiro atoms.